The maximum Gasteiger partial charge on any atom is 0.274 e. The van der Waals surface area contributed by atoms with Gasteiger partial charge in [0.25, 0.3) is 11.3 Å². The number of H-pyrrole nitrogens is 1. The summed E-state index contributed by atoms with van der Waals surface area (Å²) in [4.78, 5) is 20.9. The largest absolute Gasteiger partial charge is 0.494 e. The highest BCUT2D eigenvalue weighted by molar-refractivity contribution is 5.46. The van der Waals surface area contributed by atoms with Gasteiger partial charge in [-0.1, -0.05) is 13.3 Å². The molecule has 0 bridgehead atoms. The lowest BCUT2D eigenvalue weighted by Gasteiger charge is -2.06. The first-order chi connectivity index (χ1) is 11.7. The average molecular weight is 327 g/mol. The molecule has 0 amide bonds. The Morgan fingerprint density at radius 3 is 2.71 bits per heavy atom. The Morgan fingerprint density at radius 1 is 1.21 bits per heavy atom. The Kier molecular flexibility index (Phi) is 4.79. The lowest BCUT2D eigenvalue weighted by molar-refractivity contribution is 0.340. The Hall–Kier alpha value is -2.83. The zero-order chi connectivity index (χ0) is 16.9. The molecule has 0 aliphatic carbocycles. The van der Waals surface area contributed by atoms with E-state index in [1.807, 2.05) is 31.2 Å². The highest BCUT2D eigenvalue weighted by atomic mass is 16.5. The lowest BCUT2D eigenvalue weighted by atomic mass is 10.2. The summed E-state index contributed by atoms with van der Waals surface area (Å²) < 4.78 is 6.78. The van der Waals surface area contributed by atoms with Crippen LogP contribution in [0.1, 0.15) is 31.8 Å². The average Bonchev–Trinajstić information content (AvgIpc) is 2.98. The highest BCUT2D eigenvalue weighted by Crippen LogP contribution is 2.16. The van der Waals surface area contributed by atoms with Crippen LogP contribution in [0, 0.1) is 0 Å². The molecule has 0 saturated heterocycles. The molecule has 7 nitrogen and oxygen atoms in total. The van der Waals surface area contributed by atoms with Gasteiger partial charge in [-0.2, -0.15) is 9.50 Å². The van der Waals surface area contributed by atoms with E-state index in [-0.39, 0.29) is 5.56 Å². The summed E-state index contributed by atoms with van der Waals surface area (Å²) in [5, 5.41) is 6.24. The molecule has 7 heteroatoms. The highest BCUT2D eigenvalue weighted by Gasteiger charge is 2.07. The van der Waals surface area contributed by atoms with Crippen molar-refractivity contribution in [3.8, 4) is 5.75 Å². The number of aromatic amines is 1. The van der Waals surface area contributed by atoms with Gasteiger partial charge in [0.15, 0.2) is 0 Å². The molecule has 0 fully saturated rings. The summed E-state index contributed by atoms with van der Waals surface area (Å²) in [6.45, 7) is 5.13. The zero-order valence-corrected chi connectivity index (χ0v) is 13.9. The number of ether oxygens (including phenoxy) is 1. The Morgan fingerprint density at radius 2 is 2.00 bits per heavy atom. The molecular formula is C17H21N5O2. The molecule has 3 aromatic rings. The molecule has 0 aliphatic heterocycles. The zero-order valence-electron chi connectivity index (χ0n) is 13.9. The summed E-state index contributed by atoms with van der Waals surface area (Å²) in [5.74, 6) is 1.91. The first-order valence-corrected chi connectivity index (χ1v) is 8.14. The molecule has 0 radical (unpaired) electrons. The van der Waals surface area contributed by atoms with Crippen LogP contribution >= 0.6 is 0 Å². The summed E-state index contributed by atoms with van der Waals surface area (Å²) in [5.41, 5.74) is 1.59. The minimum absolute atomic E-state index is 0.136. The predicted octanol–water partition coefficient (Wildman–Crippen LogP) is 2.38. The third-order valence-electron chi connectivity index (χ3n) is 3.56. The first-order valence-electron chi connectivity index (χ1n) is 8.14. The van der Waals surface area contributed by atoms with Gasteiger partial charge in [-0.15, -0.1) is 0 Å². The fourth-order valence-electron chi connectivity index (χ4n) is 2.46. The standard InChI is InChI=1S/C17H21N5O2/c1-3-5-13-10-16(23)22-17(19-13)20-15(21-22)11-18-12-6-8-14(9-7-12)24-4-2/h6-10,18H,3-5,11H2,1-2H3,(H,19,20,21). The van der Waals surface area contributed by atoms with Crippen LogP contribution in [0.5, 0.6) is 5.75 Å². The van der Waals surface area contributed by atoms with Crippen molar-refractivity contribution in [2.45, 2.75) is 33.2 Å². The first kappa shape index (κ1) is 16.0. The number of nitrogens with one attached hydrogen (secondary N) is 2. The second-order valence-electron chi connectivity index (χ2n) is 5.45. The molecule has 0 saturated carbocycles. The van der Waals surface area contributed by atoms with E-state index in [4.69, 9.17) is 4.74 Å². The SMILES string of the molecule is CCCc1cc(=O)n2[nH]c(CNc3ccc(OCC)cc3)nc2n1. The van der Waals surface area contributed by atoms with E-state index in [1.54, 1.807) is 6.07 Å². The number of anilines is 1. The van der Waals surface area contributed by atoms with Crippen molar-refractivity contribution in [1.82, 2.24) is 19.6 Å². The number of rotatable bonds is 7. The molecular weight excluding hydrogens is 306 g/mol. The van der Waals surface area contributed by atoms with Crippen molar-refractivity contribution < 1.29 is 4.74 Å². The van der Waals surface area contributed by atoms with Gasteiger partial charge in [0, 0.05) is 11.8 Å². The number of benzene rings is 1. The van der Waals surface area contributed by atoms with Gasteiger partial charge < -0.3 is 10.1 Å². The van der Waals surface area contributed by atoms with Crippen molar-refractivity contribution >= 4 is 11.5 Å². The number of hydrogen-bond donors (Lipinski definition) is 2. The molecule has 2 N–H and O–H groups in total. The number of fused-ring (bicyclic) bond motifs is 1. The van der Waals surface area contributed by atoms with Crippen LogP contribution in [0.2, 0.25) is 0 Å². The minimum Gasteiger partial charge on any atom is -0.494 e. The van der Waals surface area contributed by atoms with Crippen LogP contribution in [0.4, 0.5) is 5.69 Å². The third kappa shape index (κ3) is 3.56. The summed E-state index contributed by atoms with van der Waals surface area (Å²) in [7, 11) is 0. The molecule has 24 heavy (non-hydrogen) atoms. The number of aromatic nitrogens is 4. The van der Waals surface area contributed by atoms with Gasteiger partial charge in [-0.05, 0) is 37.6 Å². The maximum absolute atomic E-state index is 12.1. The quantitative estimate of drug-likeness (QED) is 0.696. The second-order valence-corrected chi connectivity index (χ2v) is 5.45. The molecule has 3 rings (SSSR count). The van der Waals surface area contributed by atoms with Crippen molar-refractivity contribution in [1.29, 1.82) is 0 Å². The van der Waals surface area contributed by atoms with Crippen LogP contribution in [0.3, 0.4) is 0 Å². The summed E-state index contributed by atoms with van der Waals surface area (Å²) >= 11 is 0. The van der Waals surface area contributed by atoms with Crippen LogP contribution in [-0.4, -0.2) is 26.2 Å². The van der Waals surface area contributed by atoms with Gasteiger partial charge in [0.2, 0.25) is 0 Å². The van der Waals surface area contributed by atoms with Crippen LogP contribution in [-0.2, 0) is 13.0 Å². The Labute approximate surface area is 139 Å². The van der Waals surface area contributed by atoms with E-state index in [9.17, 15) is 4.79 Å². The fraction of sp³-hybridized carbons (Fsp3) is 0.353. The molecule has 126 valence electrons. The van der Waals surface area contributed by atoms with Crippen molar-refractivity contribution in [3.05, 3.63) is 52.2 Å². The molecule has 1 aromatic carbocycles. The van der Waals surface area contributed by atoms with Gasteiger partial charge in [0.1, 0.15) is 11.6 Å². The van der Waals surface area contributed by atoms with Crippen LogP contribution in [0.15, 0.2) is 35.1 Å². The predicted molar refractivity (Wildman–Crippen MR) is 92.5 cm³/mol. The van der Waals surface area contributed by atoms with Gasteiger partial charge in [-0.25, -0.2) is 4.98 Å². The molecule has 0 unspecified atom stereocenters. The Bertz CT molecular complexity index is 867. The molecule has 0 spiro atoms. The lowest BCUT2D eigenvalue weighted by Crippen LogP contribution is -2.15. The normalized spacial score (nSPS) is 10.9. The molecule has 2 heterocycles. The van der Waals surface area contributed by atoms with Crippen molar-refractivity contribution in [3.63, 3.8) is 0 Å². The number of hydrogen-bond acceptors (Lipinski definition) is 5. The number of aryl methyl sites for hydroxylation is 1. The fourth-order valence-corrected chi connectivity index (χ4v) is 2.46. The molecule has 2 aromatic heterocycles. The summed E-state index contributed by atoms with van der Waals surface area (Å²) in [6, 6.07) is 9.26. The van der Waals surface area contributed by atoms with Crippen molar-refractivity contribution in [2.75, 3.05) is 11.9 Å². The van der Waals surface area contributed by atoms with E-state index in [0.29, 0.717) is 24.8 Å². The van der Waals surface area contributed by atoms with E-state index < -0.39 is 0 Å². The molecule has 0 atom stereocenters. The van der Waals surface area contributed by atoms with Crippen LogP contribution in [0.25, 0.3) is 5.78 Å². The van der Waals surface area contributed by atoms with E-state index in [1.165, 1.54) is 4.52 Å². The smallest absolute Gasteiger partial charge is 0.274 e. The number of nitrogens with zero attached hydrogens (tertiary/aromatic N) is 3. The topological polar surface area (TPSA) is 84.3 Å². The van der Waals surface area contributed by atoms with Crippen molar-refractivity contribution in [2.24, 2.45) is 0 Å². The van der Waals surface area contributed by atoms with Gasteiger partial charge >= 0.3 is 0 Å². The monoisotopic (exact) mass is 327 g/mol. The maximum atomic E-state index is 12.1. The Balaban J connectivity index is 1.73. The third-order valence-corrected chi connectivity index (χ3v) is 3.56. The van der Waals surface area contributed by atoms with Gasteiger partial charge in [-0.3, -0.25) is 9.89 Å². The summed E-state index contributed by atoms with van der Waals surface area (Å²) in [6.07, 6.45) is 1.72. The minimum atomic E-state index is -0.136. The van der Waals surface area contributed by atoms with E-state index in [2.05, 4.69) is 27.3 Å². The van der Waals surface area contributed by atoms with E-state index in [0.717, 1.165) is 30.0 Å². The van der Waals surface area contributed by atoms with Crippen LogP contribution < -0.4 is 15.6 Å². The van der Waals surface area contributed by atoms with E-state index >= 15 is 0 Å². The molecule has 0 aliphatic rings. The second kappa shape index (κ2) is 7.16. The van der Waals surface area contributed by atoms with Gasteiger partial charge in [0.05, 0.1) is 18.8 Å².